The quantitative estimate of drug-likeness (QED) is 0.547. The number of hydrogen-bond acceptors (Lipinski definition) is 4. The van der Waals surface area contributed by atoms with Crippen LogP contribution >= 0.6 is 11.6 Å². The van der Waals surface area contributed by atoms with Crippen LogP contribution in [-0.2, 0) is 6.54 Å². The maximum atomic E-state index is 12.4. The van der Waals surface area contributed by atoms with Crippen molar-refractivity contribution < 1.29 is 4.79 Å². The molecule has 4 rings (SSSR count). The summed E-state index contributed by atoms with van der Waals surface area (Å²) in [4.78, 5) is 16.7. The van der Waals surface area contributed by atoms with Crippen LogP contribution in [0.2, 0.25) is 5.02 Å². The van der Waals surface area contributed by atoms with E-state index in [1.807, 2.05) is 72.8 Å². The van der Waals surface area contributed by atoms with Crippen LogP contribution in [0.4, 0.5) is 5.69 Å². The minimum atomic E-state index is -0.0978. The lowest BCUT2D eigenvalue weighted by atomic mass is 10.0. The summed E-state index contributed by atoms with van der Waals surface area (Å²) in [6.07, 6.45) is 0. The molecule has 0 unspecified atom stereocenters. The van der Waals surface area contributed by atoms with E-state index in [-0.39, 0.29) is 13.3 Å². The first-order chi connectivity index (χ1) is 14.2. The first-order valence-electron chi connectivity index (χ1n) is 9.46. The van der Waals surface area contributed by atoms with Gasteiger partial charge in [0.05, 0.1) is 6.54 Å². The highest BCUT2D eigenvalue weighted by molar-refractivity contribution is 6.30. The van der Waals surface area contributed by atoms with Crippen LogP contribution in [0.15, 0.2) is 77.8 Å². The SMILES string of the molecule is C.O=C(NCc1ccc(NC2=NCCN2)cc1)c1ccc(-c2ccc(Cl)cc2)cc1. The van der Waals surface area contributed by atoms with E-state index in [0.717, 1.165) is 41.4 Å². The molecule has 30 heavy (non-hydrogen) atoms. The molecule has 0 atom stereocenters. The Morgan fingerprint density at radius 1 is 0.933 bits per heavy atom. The van der Waals surface area contributed by atoms with Crippen molar-refractivity contribution in [3.8, 4) is 11.1 Å². The third-order valence-corrected chi connectivity index (χ3v) is 4.92. The van der Waals surface area contributed by atoms with Crippen molar-refractivity contribution in [1.29, 1.82) is 0 Å². The van der Waals surface area contributed by atoms with Crippen LogP contribution in [0.25, 0.3) is 11.1 Å². The van der Waals surface area contributed by atoms with Gasteiger partial charge >= 0.3 is 0 Å². The highest BCUT2D eigenvalue weighted by atomic mass is 35.5. The number of anilines is 1. The molecule has 1 aliphatic rings. The summed E-state index contributed by atoms with van der Waals surface area (Å²) in [6, 6.07) is 23.1. The predicted octanol–water partition coefficient (Wildman–Crippen LogP) is 4.94. The van der Waals surface area contributed by atoms with Gasteiger partial charge in [-0.1, -0.05) is 55.4 Å². The van der Waals surface area contributed by atoms with Gasteiger partial charge < -0.3 is 16.0 Å². The maximum Gasteiger partial charge on any atom is 0.251 e. The van der Waals surface area contributed by atoms with Gasteiger partial charge in [-0.3, -0.25) is 9.79 Å². The second kappa shape index (κ2) is 9.94. The first kappa shape index (κ1) is 21.4. The highest BCUT2D eigenvalue weighted by Crippen LogP contribution is 2.22. The molecule has 0 spiro atoms. The standard InChI is InChI=1S/C23H21ClN4O.CH4/c24-20-9-7-18(8-10-20)17-3-5-19(6-4-17)22(29)27-15-16-1-11-21(12-2-16)28-23-25-13-14-26-23;/h1-12H,13-15H2,(H,27,29)(H2,25,26,28);1H4. The van der Waals surface area contributed by atoms with Crippen molar-refractivity contribution in [2.75, 3.05) is 18.4 Å². The van der Waals surface area contributed by atoms with E-state index < -0.39 is 0 Å². The minimum absolute atomic E-state index is 0. The van der Waals surface area contributed by atoms with E-state index in [1.54, 1.807) is 0 Å². The van der Waals surface area contributed by atoms with Crippen LogP contribution in [0.3, 0.4) is 0 Å². The lowest BCUT2D eigenvalue weighted by Gasteiger charge is -2.09. The summed E-state index contributed by atoms with van der Waals surface area (Å²) in [6.45, 7) is 2.14. The molecule has 1 amide bonds. The van der Waals surface area contributed by atoms with E-state index in [1.165, 1.54) is 0 Å². The van der Waals surface area contributed by atoms with Crippen molar-refractivity contribution in [3.05, 3.63) is 88.9 Å². The molecule has 0 radical (unpaired) electrons. The molecule has 3 aromatic carbocycles. The smallest absolute Gasteiger partial charge is 0.251 e. The van der Waals surface area contributed by atoms with Gasteiger partial charge in [0.1, 0.15) is 0 Å². The van der Waals surface area contributed by atoms with Crippen LogP contribution in [0.5, 0.6) is 0 Å². The molecule has 0 saturated heterocycles. The maximum absolute atomic E-state index is 12.4. The van der Waals surface area contributed by atoms with Gasteiger partial charge in [-0.25, -0.2) is 0 Å². The number of nitrogens with one attached hydrogen (secondary N) is 3. The van der Waals surface area contributed by atoms with Gasteiger partial charge in [0.25, 0.3) is 5.91 Å². The third-order valence-electron chi connectivity index (χ3n) is 4.67. The Labute approximate surface area is 182 Å². The zero-order chi connectivity index (χ0) is 20.1. The summed E-state index contributed by atoms with van der Waals surface area (Å²) in [7, 11) is 0. The molecule has 6 heteroatoms. The lowest BCUT2D eigenvalue weighted by molar-refractivity contribution is 0.0951. The van der Waals surface area contributed by atoms with Crippen LogP contribution < -0.4 is 16.0 Å². The molecule has 0 fully saturated rings. The Hall–Kier alpha value is -3.31. The molecule has 1 aliphatic heterocycles. The lowest BCUT2D eigenvalue weighted by Crippen LogP contribution is -2.26. The predicted molar refractivity (Wildman–Crippen MR) is 125 cm³/mol. The topological polar surface area (TPSA) is 65.5 Å². The average Bonchev–Trinajstić information content (AvgIpc) is 3.27. The van der Waals surface area contributed by atoms with Crippen LogP contribution in [-0.4, -0.2) is 25.0 Å². The van der Waals surface area contributed by atoms with Gasteiger partial charge in [0.2, 0.25) is 0 Å². The van der Waals surface area contributed by atoms with Crippen LogP contribution in [0.1, 0.15) is 23.3 Å². The fraction of sp³-hybridized carbons (Fsp3) is 0.167. The third kappa shape index (κ3) is 5.39. The second-order valence-corrected chi connectivity index (χ2v) is 7.18. The Morgan fingerprint density at radius 3 is 2.17 bits per heavy atom. The normalized spacial score (nSPS) is 12.4. The van der Waals surface area contributed by atoms with E-state index in [2.05, 4.69) is 20.9 Å². The van der Waals surface area contributed by atoms with Crippen molar-refractivity contribution in [2.45, 2.75) is 14.0 Å². The number of halogens is 1. The molecule has 0 aromatic heterocycles. The molecular weight excluding hydrogens is 396 g/mol. The Balaban J connectivity index is 0.00000256. The number of nitrogens with zero attached hydrogens (tertiary/aromatic N) is 1. The molecule has 0 bridgehead atoms. The van der Waals surface area contributed by atoms with Crippen molar-refractivity contribution >= 4 is 29.2 Å². The van der Waals surface area contributed by atoms with Crippen molar-refractivity contribution in [1.82, 2.24) is 10.6 Å². The van der Waals surface area contributed by atoms with Gasteiger partial charge in [-0.15, -0.1) is 0 Å². The molecule has 3 aromatic rings. The number of hydrogen-bond donors (Lipinski definition) is 3. The fourth-order valence-corrected chi connectivity index (χ4v) is 3.19. The monoisotopic (exact) mass is 420 g/mol. The van der Waals surface area contributed by atoms with Gasteiger partial charge in [0, 0.05) is 29.4 Å². The number of benzene rings is 3. The number of carbonyl (C=O) groups excluding carboxylic acids is 1. The zero-order valence-electron chi connectivity index (χ0n) is 15.8. The number of carbonyl (C=O) groups is 1. The number of rotatable bonds is 5. The summed E-state index contributed by atoms with van der Waals surface area (Å²) in [5.74, 6) is 0.701. The average molecular weight is 421 g/mol. The van der Waals surface area contributed by atoms with E-state index in [9.17, 15) is 4.79 Å². The fourth-order valence-electron chi connectivity index (χ4n) is 3.07. The second-order valence-electron chi connectivity index (χ2n) is 6.75. The van der Waals surface area contributed by atoms with Crippen molar-refractivity contribution in [2.24, 2.45) is 4.99 Å². The number of amides is 1. The summed E-state index contributed by atoms with van der Waals surface area (Å²) >= 11 is 5.93. The Morgan fingerprint density at radius 2 is 1.57 bits per heavy atom. The molecule has 1 heterocycles. The first-order valence-corrected chi connectivity index (χ1v) is 9.84. The number of guanidine groups is 1. The Bertz CT molecular complexity index is 1010. The molecule has 154 valence electrons. The van der Waals surface area contributed by atoms with E-state index >= 15 is 0 Å². The van der Waals surface area contributed by atoms with Crippen LogP contribution in [0, 0.1) is 0 Å². The van der Waals surface area contributed by atoms with Crippen molar-refractivity contribution in [3.63, 3.8) is 0 Å². The summed E-state index contributed by atoms with van der Waals surface area (Å²) in [5.41, 5.74) is 4.73. The van der Waals surface area contributed by atoms with Gasteiger partial charge in [-0.2, -0.15) is 0 Å². The molecule has 0 aliphatic carbocycles. The molecule has 3 N–H and O–H groups in total. The molecular formula is C24H25ClN4O. The van der Waals surface area contributed by atoms with E-state index in [4.69, 9.17) is 11.6 Å². The number of aliphatic imine (C=N–C) groups is 1. The van der Waals surface area contributed by atoms with Gasteiger partial charge in [0.15, 0.2) is 5.96 Å². The summed E-state index contributed by atoms with van der Waals surface area (Å²) < 4.78 is 0. The minimum Gasteiger partial charge on any atom is -0.354 e. The zero-order valence-corrected chi connectivity index (χ0v) is 16.5. The Kier molecular flexibility index (Phi) is 7.09. The highest BCUT2D eigenvalue weighted by Gasteiger charge is 2.07. The van der Waals surface area contributed by atoms with E-state index in [0.29, 0.717) is 17.1 Å². The largest absolute Gasteiger partial charge is 0.354 e. The molecule has 5 nitrogen and oxygen atoms in total. The molecule has 0 saturated carbocycles. The van der Waals surface area contributed by atoms with Gasteiger partial charge in [-0.05, 0) is 53.1 Å². The summed E-state index contributed by atoms with van der Waals surface area (Å²) in [5, 5.41) is 10.1.